The highest BCUT2D eigenvalue weighted by Crippen LogP contribution is 2.17. The number of carbonyl (C=O) groups is 1. The summed E-state index contributed by atoms with van der Waals surface area (Å²) in [6.45, 7) is 0.448. The van der Waals surface area contributed by atoms with Gasteiger partial charge in [0.05, 0.1) is 13.3 Å². The minimum Gasteiger partial charge on any atom is -0.471 e. The Morgan fingerprint density at radius 1 is 1.65 bits per heavy atom. The Hall–Kier alpha value is -1.76. The topological polar surface area (TPSA) is 73.3 Å². The summed E-state index contributed by atoms with van der Waals surface area (Å²) in [6, 6.07) is -0.408. The van der Waals surface area contributed by atoms with Crippen molar-refractivity contribution < 1.29 is 18.7 Å². The van der Waals surface area contributed by atoms with E-state index in [1.54, 1.807) is 0 Å². The lowest BCUT2D eigenvalue weighted by Crippen LogP contribution is -2.31. The zero-order valence-electron chi connectivity index (χ0n) is 9.22. The maximum absolute atomic E-state index is 13.2. The Bertz CT molecular complexity index is 416. The number of ether oxygens (including phenoxy) is 2. The number of carbonyl (C=O) groups excluding carboxylic acids is 1. The van der Waals surface area contributed by atoms with Gasteiger partial charge in [-0.15, -0.1) is 0 Å². The number of aromatic nitrogens is 2. The quantitative estimate of drug-likeness (QED) is 0.745. The summed E-state index contributed by atoms with van der Waals surface area (Å²) in [6.07, 6.45) is 2.36. The summed E-state index contributed by atoms with van der Waals surface area (Å²) in [5.74, 6) is -1.06. The molecule has 0 aliphatic carbocycles. The smallest absolute Gasteiger partial charge is 0.323 e. The molecule has 1 aromatic heterocycles. The Morgan fingerprint density at radius 3 is 3.18 bits per heavy atom. The summed E-state index contributed by atoms with van der Waals surface area (Å²) in [5.41, 5.74) is 0. The molecule has 92 valence electrons. The third-order valence-electron chi connectivity index (χ3n) is 2.49. The summed E-state index contributed by atoms with van der Waals surface area (Å²) < 4.78 is 23.1. The maximum Gasteiger partial charge on any atom is 0.323 e. The molecule has 1 saturated heterocycles. The van der Waals surface area contributed by atoms with Crippen LogP contribution in [0.1, 0.15) is 6.42 Å². The van der Waals surface area contributed by atoms with Crippen LogP contribution in [0.25, 0.3) is 0 Å². The number of esters is 1. The van der Waals surface area contributed by atoms with E-state index in [0.717, 1.165) is 6.20 Å². The van der Waals surface area contributed by atoms with Crippen LogP contribution in [-0.2, 0) is 9.53 Å². The van der Waals surface area contributed by atoms with Crippen molar-refractivity contribution in [2.24, 2.45) is 0 Å². The fourth-order valence-electron chi connectivity index (χ4n) is 1.66. The zero-order valence-corrected chi connectivity index (χ0v) is 9.22. The number of hydrogen-bond acceptors (Lipinski definition) is 6. The van der Waals surface area contributed by atoms with Gasteiger partial charge in [0.2, 0.25) is 5.82 Å². The van der Waals surface area contributed by atoms with Crippen molar-refractivity contribution >= 4 is 5.97 Å². The third-order valence-corrected chi connectivity index (χ3v) is 2.49. The van der Waals surface area contributed by atoms with Gasteiger partial charge in [-0.3, -0.25) is 4.79 Å². The Balaban J connectivity index is 1.94. The molecule has 6 nitrogen and oxygen atoms in total. The van der Waals surface area contributed by atoms with Gasteiger partial charge in [-0.25, -0.2) is 4.98 Å². The minimum absolute atomic E-state index is 0.0997. The van der Waals surface area contributed by atoms with E-state index < -0.39 is 11.9 Å². The van der Waals surface area contributed by atoms with Crippen molar-refractivity contribution in [3.05, 3.63) is 18.3 Å². The first-order valence-corrected chi connectivity index (χ1v) is 5.14. The predicted octanol–water partition coefficient (Wildman–Crippen LogP) is -0.102. The second-order valence-electron chi connectivity index (χ2n) is 3.64. The van der Waals surface area contributed by atoms with Crippen LogP contribution in [0.3, 0.4) is 0 Å². The molecule has 1 aliphatic rings. The van der Waals surface area contributed by atoms with Crippen LogP contribution >= 0.6 is 0 Å². The lowest BCUT2D eigenvalue weighted by atomic mass is 10.2. The van der Waals surface area contributed by atoms with Crippen molar-refractivity contribution in [3.8, 4) is 5.88 Å². The van der Waals surface area contributed by atoms with Gasteiger partial charge >= 0.3 is 5.97 Å². The van der Waals surface area contributed by atoms with Gasteiger partial charge in [-0.1, -0.05) is 0 Å². The minimum atomic E-state index is -0.617. The molecule has 1 fully saturated rings. The van der Waals surface area contributed by atoms with E-state index in [0.29, 0.717) is 13.0 Å². The lowest BCUT2D eigenvalue weighted by molar-refractivity contribution is -0.142. The van der Waals surface area contributed by atoms with Crippen LogP contribution in [0.5, 0.6) is 5.88 Å². The first-order chi connectivity index (χ1) is 8.20. The number of rotatable bonds is 3. The first kappa shape index (κ1) is 11.7. The molecule has 0 saturated carbocycles. The SMILES string of the molecule is COC(=O)C1CC(Oc2ncncc2F)CN1. The standard InChI is InChI=1S/C10H12FN3O3/c1-16-10(15)8-2-6(3-13-8)17-9-7(11)4-12-5-14-9/h4-6,8,13H,2-3H2,1H3. The molecule has 1 aromatic rings. The molecule has 0 spiro atoms. The molecular formula is C10H12FN3O3. The Labute approximate surface area is 97.2 Å². The number of nitrogens with one attached hydrogen (secondary N) is 1. The van der Waals surface area contributed by atoms with Crippen molar-refractivity contribution in [1.29, 1.82) is 0 Å². The van der Waals surface area contributed by atoms with Crippen LogP contribution in [0.2, 0.25) is 0 Å². The first-order valence-electron chi connectivity index (χ1n) is 5.14. The molecule has 1 aliphatic heterocycles. The highest BCUT2D eigenvalue weighted by atomic mass is 19.1. The van der Waals surface area contributed by atoms with E-state index in [2.05, 4.69) is 20.0 Å². The van der Waals surface area contributed by atoms with Gasteiger partial charge in [0.1, 0.15) is 18.5 Å². The summed E-state index contributed by atoms with van der Waals surface area (Å²) >= 11 is 0. The molecule has 2 unspecified atom stereocenters. The van der Waals surface area contributed by atoms with E-state index in [-0.39, 0.29) is 18.0 Å². The largest absolute Gasteiger partial charge is 0.471 e. The Morgan fingerprint density at radius 2 is 2.47 bits per heavy atom. The second-order valence-corrected chi connectivity index (χ2v) is 3.64. The lowest BCUT2D eigenvalue weighted by Gasteiger charge is -2.11. The molecule has 0 radical (unpaired) electrons. The molecule has 0 amide bonds. The van der Waals surface area contributed by atoms with E-state index >= 15 is 0 Å². The van der Waals surface area contributed by atoms with Crippen LogP contribution in [0.4, 0.5) is 4.39 Å². The Kier molecular flexibility index (Phi) is 3.48. The number of methoxy groups -OCH3 is 1. The van der Waals surface area contributed by atoms with Gasteiger partial charge < -0.3 is 14.8 Å². The average Bonchev–Trinajstić information content (AvgIpc) is 2.80. The molecule has 2 heterocycles. The van der Waals surface area contributed by atoms with E-state index in [4.69, 9.17) is 4.74 Å². The normalized spacial score (nSPS) is 23.4. The number of halogens is 1. The molecule has 2 atom stereocenters. The highest BCUT2D eigenvalue weighted by molar-refractivity contribution is 5.76. The molecule has 0 bridgehead atoms. The fraction of sp³-hybridized carbons (Fsp3) is 0.500. The molecule has 17 heavy (non-hydrogen) atoms. The summed E-state index contributed by atoms with van der Waals surface area (Å²) in [7, 11) is 1.32. The van der Waals surface area contributed by atoms with Crippen molar-refractivity contribution in [3.63, 3.8) is 0 Å². The van der Waals surface area contributed by atoms with Crippen LogP contribution in [-0.4, -0.2) is 41.7 Å². The van der Waals surface area contributed by atoms with Crippen molar-refractivity contribution in [1.82, 2.24) is 15.3 Å². The van der Waals surface area contributed by atoms with Crippen LogP contribution in [0, 0.1) is 5.82 Å². The summed E-state index contributed by atoms with van der Waals surface area (Å²) in [5, 5.41) is 2.93. The van der Waals surface area contributed by atoms with Crippen molar-refractivity contribution in [2.45, 2.75) is 18.6 Å². The number of hydrogen-bond donors (Lipinski definition) is 1. The van der Waals surface area contributed by atoms with Gasteiger partial charge in [0.15, 0.2) is 0 Å². The number of nitrogens with zero attached hydrogens (tertiary/aromatic N) is 2. The fourth-order valence-corrected chi connectivity index (χ4v) is 1.66. The predicted molar refractivity (Wildman–Crippen MR) is 54.8 cm³/mol. The maximum atomic E-state index is 13.2. The van der Waals surface area contributed by atoms with Crippen molar-refractivity contribution in [2.75, 3.05) is 13.7 Å². The van der Waals surface area contributed by atoms with Gasteiger partial charge in [0, 0.05) is 13.0 Å². The molecule has 7 heteroatoms. The average molecular weight is 241 g/mol. The van der Waals surface area contributed by atoms with E-state index in [9.17, 15) is 9.18 Å². The van der Waals surface area contributed by atoms with Gasteiger partial charge in [-0.2, -0.15) is 9.37 Å². The third kappa shape index (κ3) is 2.68. The summed E-state index contributed by atoms with van der Waals surface area (Å²) in [4.78, 5) is 18.4. The molecule has 0 aromatic carbocycles. The van der Waals surface area contributed by atoms with E-state index in [1.165, 1.54) is 13.4 Å². The zero-order chi connectivity index (χ0) is 12.3. The van der Waals surface area contributed by atoms with Crippen LogP contribution < -0.4 is 10.1 Å². The monoisotopic (exact) mass is 241 g/mol. The van der Waals surface area contributed by atoms with Crippen LogP contribution in [0.15, 0.2) is 12.5 Å². The van der Waals surface area contributed by atoms with Gasteiger partial charge in [-0.05, 0) is 0 Å². The highest BCUT2D eigenvalue weighted by Gasteiger charge is 2.32. The van der Waals surface area contributed by atoms with E-state index in [1.807, 2.05) is 0 Å². The van der Waals surface area contributed by atoms with Gasteiger partial charge in [0.25, 0.3) is 5.88 Å². The molecule has 1 N–H and O–H groups in total. The second kappa shape index (κ2) is 5.05. The molecular weight excluding hydrogens is 229 g/mol. The molecule has 2 rings (SSSR count).